The Labute approximate surface area is 225 Å². The number of carbonyl (C=O) groups is 2. The SMILES string of the molecule is COc1ccc(CN(C(=O)CN(c2cccc(C)c2)S(=O)(=O)c2ccccc2)[C@H](C)C(=O)NC(C)C)cc1. The summed E-state index contributed by atoms with van der Waals surface area (Å²) >= 11 is 0. The second-order valence-electron chi connectivity index (χ2n) is 9.37. The highest BCUT2D eigenvalue weighted by Crippen LogP contribution is 2.25. The van der Waals surface area contributed by atoms with Gasteiger partial charge in [-0.15, -0.1) is 0 Å². The Morgan fingerprint density at radius 3 is 2.16 bits per heavy atom. The number of methoxy groups -OCH3 is 1. The Morgan fingerprint density at radius 1 is 0.921 bits per heavy atom. The molecule has 8 nitrogen and oxygen atoms in total. The molecule has 38 heavy (non-hydrogen) atoms. The lowest BCUT2D eigenvalue weighted by Gasteiger charge is -2.32. The zero-order chi connectivity index (χ0) is 27.9. The summed E-state index contributed by atoms with van der Waals surface area (Å²) in [7, 11) is -2.51. The molecule has 3 aromatic rings. The first kappa shape index (κ1) is 28.7. The zero-order valence-corrected chi connectivity index (χ0v) is 23.2. The van der Waals surface area contributed by atoms with Gasteiger partial charge < -0.3 is 15.0 Å². The molecule has 1 N–H and O–H groups in total. The number of benzene rings is 3. The van der Waals surface area contributed by atoms with E-state index in [-0.39, 0.29) is 23.4 Å². The monoisotopic (exact) mass is 537 g/mol. The highest BCUT2D eigenvalue weighted by Gasteiger charge is 2.32. The van der Waals surface area contributed by atoms with Crippen molar-refractivity contribution in [3.8, 4) is 5.75 Å². The number of rotatable bonds is 11. The van der Waals surface area contributed by atoms with Crippen LogP contribution in [0.15, 0.2) is 83.8 Å². The van der Waals surface area contributed by atoms with Crippen LogP contribution in [0.3, 0.4) is 0 Å². The minimum absolute atomic E-state index is 0.0709. The molecule has 0 bridgehead atoms. The van der Waals surface area contributed by atoms with Gasteiger partial charge in [0.1, 0.15) is 18.3 Å². The summed E-state index contributed by atoms with van der Waals surface area (Å²) in [5.74, 6) is -0.167. The van der Waals surface area contributed by atoms with Gasteiger partial charge >= 0.3 is 0 Å². The number of carbonyl (C=O) groups excluding carboxylic acids is 2. The predicted molar refractivity (Wildman–Crippen MR) is 148 cm³/mol. The van der Waals surface area contributed by atoms with Crippen LogP contribution in [0.1, 0.15) is 31.9 Å². The molecule has 0 aromatic heterocycles. The minimum Gasteiger partial charge on any atom is -0.497 e. The van der Waals surface area contributed by atoms with Crippen molar-refractivity contribution in [1.82, 2.24) is 10.2 Å². The van der Waals surface area contributed by atoms with Gasteiger partial charge in [0.05, 0.1) is 17.7 Å². The van der Waals surface area contributed by atoms with Crippen LogP contribution in [0.2, 0.25) is 0 Å². The maximum absolute atomic E-state index is 13.9. The van der Waals surface area contributed by atoms with E-state index in [9.17, 15) is 18.0 Å². The van der Waals surface area contributed by atoms with Crippen LogP contribution in [0.25, 0.3) is 0 Å². The van der Waals surface area contributed by atoms with Crippen molar-refractivity contribution in [2.75, 3.05) is 18.0 Å². The van der Waals surface area contributed by atoms with Crippen molar-refractivity contribution in [2.45, 2.75) is 51.2 Å². The lowest BCUT2D eigenvalue weighted by atomic mass is 10.1. The number of nitrogens with one attached hydrogen (secondary N) is 1. The molecule has 3 aromatic carbocycles. The Bertz CT molecular complexity index is 1340. The summed E-state index contributed by atoms with van der Waals surface area (Å²) in [6, 6.07) is 21.2. The van der Waals surface area contributed by atoms with Gasteiger partial charge in [-0.25, -0.2) is 8.42 Å². The van der Waals surface area contributed by atoms with Gasteiger partial charge in [-0.3, -0.25) is 13.9 Å². The van der Waals surface area contributed by atoms with Gasteiger partial charge in [-0.05, 0) is 75.2 Å². The Hall–Kier alpha value is -3.85. The van der Waals surface area contributed by atoms with Gasteiger partial charge in [-0.2, -0.15) is 0 Å². The second-order valence-corrected chi connectivity index (χ2v) is 11.2. The normalized spacial score (nSPS) is 12.1. The number of ether oxygens (including phenoxy) is 1. The number of hydrogen-bond acceptors (Lipinski definition) is 5. The molecule has 0 aliphatic rings. The van der Waals surface area contributed by atoms with Crippen LogP contribution >= 0.6 is 0 Å². The molecule has 0 spiro atoms. The molecule has 0 heterocycles. The first-order valence-corrected chi connectivity index (χ1v) is 13.8. The molecular weight excluding hydrogens is 502 g/mol. The zero-order valence-electron chi connectivity index (χ0n) is 22.4. The van der Waals surface area contributed by atoms with E-state index in [1.54, 1.807) is 62.6 Å². The fourth-order valence-electron chi connectivity index (χ4n) is 3.95. The van der Waals surface area contributed by atoms with E-state index >= 15 is 0 Å². The Morgan fingerprint density at radius 2 is 1.58 bits per heavy atom. The molecule has 3 rings (SSSR count). The first-order chi connectivity index (χ1) is 18.0. The summed E-state index contributed by atoms with van der Waals surface area (Å²) in [5, 5.41) is 2.85. The Balaban J connectivity index is 2.01. The summed E-state index contributed by atoms with van der Waals surface area (Å²) in [6.07, 6.45) is 0. The molecule has 202 valence electrons. The highest BCUT2D eigenvalue weighted by atomic mass is 32.2. The molecule has 9 heteroatoms. The number of amides is 2. The number of sulfonamides is 1. The number of aryl methyl sites for hydroxylation is 1. The molecule has 2 amide bonds. The lowest BCUT2D eigenvalue weighted by Crippen LogP contribution is -2.52. The van der Waals surface area contributed by atoms with Gasteiger partial charge in [0.25, 0.3) is 10.0 Å². The molecule has 0 aliphatic carbocycles. The van der Waals surface area contributed by atoms with Gasteiger partial charge in [0.15, 0.2) is 0 Å². The summed E-state index contributed by atoms with van der Waals surface area (Å²) in [6.45, 7) is 6.81. The van der Waals surface area contributed by atoms with E-state index in [1.165, 1.54) is 17.0 Å². The summed E-state index contributed by atoms with van der Waals surface area (Å²) in [5.41, 5.74) is 1.99. The van der Waals surface area contributed by atoms with Crippen LogP contribution in [0, 0.1) is 6.92 Å². The lowest BCUT2D eigenvalue weighted by molar-refractivity contribution is -0.139. The summed E-state index contributed by atoms with van der Waals surface area (Å²) in [4.78, 5) is 28.3. The largest absolute Gasteiger partial charge is 0.497 e. The van der Waals surface area contributed by atoms with Gasteiger partial charge in [-0.1, -0.05) is 42.5 Å². The second kappa shape index (κ2) is 12.6. The molecule has 0 saturated carbocycles. The molecule has 0 saturated heterocycles. The molecule has 1 atom stereocenters. The smallest absolute Gasteiger partial charge is 0.264 e. The van der Waals surface area contributed by atoms with E-state index in [0.29, 0.717) is 11.4 Å². The van der Waals surface area contributed by atoms with Crippen molar-refractivity contribution in [1.29, 1.82) is 0 Å². The Kier molecular flexibility index (Phi) is 9.52. The molecule has 0 radical (unpaired) electrons. The van der Waals surface area contributed by atoms with Crippen LogP contribution in [-0.4, -0.2) is 50.9 Å². The van der Waals surface area contributed by atoms with Crippen molar-refractivity contribution < 1.29 is 22.7 Å². The molecular formula is C29H35N3O5S. The third-order valence-electron chi connectivity index (χ3n) is 6.01. The highest BCUT2D eigenvalue weighted by molar-refractivity contribution is 7.92. The predicted octanol–water partition coefficient (Wildman–Crippen LogP) is 4.14. The van der Waals surface area contributed by atoms with Crippen molar-refractivity contribution >= 4 is 27.5 Å². The van der Waals surface area contributed by atoms with E-state index in [0.717, 1.165) is 15.4 Å². The number of anilines is 1. The average molecular weight is 538 g/mol. The van der Waals surface area contributed by atoms with Crippen LogP contribution in [-0.2, 0) is 26.2 Å². The average Bonchev–Trinajstić information content (AvgIpc) is 2.90. The van der Waals surface area contributed by atoms with E-state index in [2.05, 4.69) is 5.32 Å². The fourth-order valence-corrected chi connectivity index (χ4v) is 5.37. The third kappa shape index (κ3) is 7.13. The maximum atomic E-state index is 13.9. The van der Waals surface area contributed by atoms with Gasteiger partial charge in [0, 0.05) is 12.6 Å². The van der Waals surface area contributed by atoms with E-state index in [1.807, 2.05) is 39.0 Å². The third-order valence-corrected chi connectivity index (χ3v) is 7.80. The van der Waals surface area contributed by atoms with Crippen molar-refractivity contribution in [2.24, 2.45) is 0 Å². The molecule has 0 aliphatic heterocycles. The van der Waals surface area contributed by atoms with Crippen molar-refractivity contribution in [3.63, 3.8) is 0 Å². The number of hydrogen-bond donors (Lipinski definition) is 1. The summed E-state index contributed by atoms with van der Waals surface area (Å²) < 4.78 is 33.8. The number of nitrogens with zero attached hydrogens (tertiary/aromatic N) is 2. The first-order valence-electron chi connectivity index (χ1n) is 12.4. The molecule has 0 fully saturated rings. The minimum atomic E-state index is -4.08. The molecule has 0 unspecified atom stereocenters. The van der Waals surface area contributed by atoms with E-state index in [4.69, 9.17) is 4.74 Å². The van der Waals surface area contributed by atoms with Crippen molar-refractivity contribution in [3.05, 3.63) is 90.0 Å². The van der Waals surface area contributed by atoms with E-state index < -0.39 is 28.5 Å². The topological polar surface area (TPSA) is 96.0 Å². The van der Waals surface area contributed by atoms with Crippen LogP contribution in [0.4, 0.5) is 5.69 Å². The van der Waals surface area contributed by atoms with Crippen LogP contribution in [0.5, 0.6) is 5.75 Å². The maximum Gasteiger partial charge on any atom is 0.264 e. The standard InChI is InChI=1S/C29H35N3O5S/c1-21(2)30-29(34)23(4)31(19-24-14-16-26(37-5)17-15-24)28(33)20-32(25-11-9-10-22(3)18-25)38(35,36)27-12-7-6-8-13-27/h6-18,21,23H,19-20H2,1-5H3,(H,30,34)/t23-/m1/s1. The fraction of sp³-hybridized carbons (Fsp3) is 0.310. The van der Waals surface area contributed by atoms with Gasteiger partial charge in [0.2, 0.25) is 11.8 Å². The quantitative estimate of drug-likeness (QED) is 0.397. The van der Waals surface area contributed by atoms with Crippen LogP contribution < -0.4 is 14.4 Å².